The molecule has 1 unspecified atom stereocenters. The van der Waals surface area contributed by atoms with E-state index in [1.165, 1.54) is 12.1 Å². The molecule has 1 saturated heterocycles. The van der Waals surface area contributed by atoms with Crippen LogP contribution in [0.5, 0.6) is 0 Å². The number of aromatic nitrogens is 1. The zero-order valence-electron chi connectivity index (χ0n) is 14.9. The van der Waals surface area contributed by atoms with Crippen LogP contribution in [-0.2, 0) is 16.1 Å². The average molecular weight is 345 g/mol. The van der Waals surface area contributed by atoms with Crippen molar-refractivity contribution in [2.45, 2.75) is 51.7 Å². The van der Waals surface area contributed by atoms with E-state index in [0.29, 0.717) is 25.9 Å². The Balaban J connectivity index is 1.56. The van der Waals surface area contributed by atoms with Gasteiger partial charge in [-0.15, -0.1) is 0 Å². The van der Waals surface area contributed by atoms with Crippen molar-refractivity contribution in [3.8, 4) is 0 Å². The zero-order valence-corrected chi connectivity index (χ0v) is 14.9. The quantitative estimate of drug-likeness (QED) is 0.926. The number of benzene rings is 1. The number of amides is 2. The first-order valence-electron chi connectivity index (χ1n) is 8.58. The van der Waals surface area contributed by atoms with Gasteiger partial charge in [0.25, 0.3) is 0 Å². The molecule has 1 N–H and O–H groups in total. The van der Waals surface area contributed by atoms with Gasteiger partial charge in [-0.25, -0.2) is 4.39 Å². The lowest BCUT2D eigenvalue weighted by molar-refractivity contribution is -0.131. The van der Waals surface area contributed by atoms with Crippen LogP contribution in [0.2, 0.25) is 0 Å². The first-order chi connectivity index (χ1) is 11.7. The summed E-state index contributed by atoms with van der Waals surface area (Å²) in [6.45, 7) is 7.00. The third kappa shape index (κ3) is 3.83. The van der Waals surface area contributed by atoms with Crippen LogP contribution >= 0.6 is 0 Å². The molecule has 134 valence electrons. The van der Waals surface area contributed by atoms with Crippen LogP contribution in [0.25, 0.3) is 10.9 Å². The van der Waals surface area contributed by atoms with Crippen LogP contribution in [0, 0.1) is 5.82 Å². The number of nitrogens with zero attached hydrogens (tertiary/aromatic N) is 2. The Morgan fingerprint density at radius 3 is 2.76 bits per heavy atom. The molecule has 5 nitrogen and oxygen atoms in total. The van der Waals surface area contributed by atoms with Crippen LogP contribution < -0.4 is 5.32 Å². The van der Waals surface area contributed by atoms with Crippen LogP contribution in [0.3, 0.4) is 0 Å². The molecule has 1 atom stereocenters. The Kier molecular flexibility index (Phi) is 4.54. The SMILES string of the molecule is CC(C)(C)N1CC(NC(=O)CCn2ccc3ccc(F)cc32)CC1=O. The van der Waals surface area contributed by atoms with Gasteiger partial charge in [0.1, 0.15) is 5.82 Å². The minimum absolute atomic E-state index is 0.0738. The lowest BCUT2D eigenvalue weighted by atomic mass is 10.1. The highest BCUT2D eigenvalue weighted by atomic mass is 19.1. The fourth-order valence-corrected chi connectivity index (χ4v) is 3.33. The van der Waals surface area contributed by atoms with Gasteiger partial charge < -0.3 is 14.8 Å². The number of rotatable bonds is 4. The molecule has 0 aliphatic carbocycles. The van der Waals surface area contributed by atoms with Crippen LogP contribution in [0.4, 0.5) is 4.39 Å². The van der Waals surface area contributed by atoms with Crippen molar-refractivity contribution in [2.75, 3.05) is 6.54 Å². The molecule has 0 saturated carbocycles. The van der Waals surface area contributed by atoms with E-state index in [1.807, 2.05) is 37.6 Å². The number of carbonyl (C=O) groups is 2. The molecule has 1 aliphatic rings. The third-order valence-corrected chi connectivity index (χ3v) is 4.62. The van der Waals surface area contributed by atoms with Gasteiger partial charge in [-0.2, -0.15) is 0 Å². The number of hydrogen-bond donors (Lipinski definition) is 1. The van der Waals surface area contributed by atoms with Gasteiger partial charge >= 0.3 is 0 Å². The topological polar surface area (TPSA) is 54.3 Å². The van der Waals surface area contributed by atoms with E-state index in [1.54, 1.807) is 11.0 Å². The molecule has 0 spiro atoms. The molecular formula is C19H24FN3O2. The smallest absolute Gasteiger partial charge is 0.225 e. The Hall–Kier alpha value is -2.37. The van der Waals surface area contributed by atoms with E-state index in [2.05, 4.69) is 5.32 Å². The Morgan fingerprint density at radius 1 is 1.32 bits per heavy atom. The number of likely N-dealkylation sites (tertiary alicyclic amines) is 1. The van der Waals surface area contributed by atoms with E-state index in [0.717, 1.165) is 10.9 Å². The number of carbonyl (C=O) groups excluding carboxylic acids is 2. The lowest BCUT2D eigenvalue weighted by Gasteiger charge is -2.32. The van der Waals surface area contributed by atoms with E-state index in [9.17, 15) is 14.0 Å². The van der Waals surface area contributed by atoms with E-state index >= 15 is 0 Å². The zero-order chi connectivity index (χ0) is 18.2. The summed E-state index contributed by atoms with van der Waals surface area (Å²) >= 11 is 0. The van der Waals surface area contributed by atoms with Crippen LogP contribution in [0.1, 0.15) is 33.6 Å². The molecule has 1 aliphatic heterocycles. The molecule has 25 heavy (non-hydrogen) atoms. The summed E-state index contributed by atoms with van der Waals surface area (Å²) in [5.41, 5.74) is 0.549. The summed E-state index contributed by atoms with van der Waals surface area (Å²) in [4.78, 5) is 26.1. The van der Waals surface area contributed by atoms with Gasteiger partial charge in [0, 0.05) is 37.7 Å². The van der Waals surface area contributed by atoms with Gasteiger partial charge in [0.05, 0.1) is 11.6 Å². The van der Waals surface area contributed by atoms with Crippen molar-refractivity contribution in [2.24, 2.45) is 0 Å². The maximum Gasteiger partial charge on any atom is 0.225 e. The van der Waals surface area contributed by atoms with Crippen LogP contribution in [-0.4, -0.2) is 39.4 Å². The number of halogens is 1. The van der Waals surface area contributed by atoms with E-state index in [4.69, 9.17) is 0 Å². The Bertz CT molecular complexity index is 807. The predicted octanol–water partition coefficient (Wildman–Crippen LogP) is 2.69. The fraction of sp³-hybridized carbons (Fsp3) is 0.474. The highest BCUT2D eigenvalue weighted by molar-refractivity contribution is 5.83. The molecule has 1 fully saturated rings. The monoisotopic (exact) mass is 345 g/mol. The van der Waals surface area contributed by atoms with Gasteiger partial charge in [0.15, 0.2) is 0 Å². The van der Waals surface area contributed by atoms with E-state index in [-0.39, 0.29) is 29.2 Å². The van der Waals surface area contributed by atoms with Crippen molar-refractivity contribution < 1.29 is 14.0 Å². The van der Waals surface area contributed by atoms with Gasteiger partial charge in [-0.3, -0.25) is 9.59 Å². The van der Waals surface area contributed by atoms with Crippen molar-refractivity contribution in [1.29, 1.82) is 0 Å². The molecule has 6 heteroatoms. The van der Waals surface area contributed by atoms with Crippen molar-refractivity contribution >= 4 is 22.7 Å². The van der Waals surface area contributed by atoms with Crippen molar-refractivity contribution in [1.82, 2.24) is 14.8 Å². The predicted molar refractivity (Wildman–Crippen MR) is 94.5 cm³/mol. The standard InChI is InChI=1S/C19H24FN3O2/c1-19(2,3)23-12-15(11-18(23)25)21-17(24)7-9-22-8-6-13-4-5-14(20)10-16(13)22/h4-6,8,10,15H,7,9,11-12H2,1-3H3,(H,21,24). The minimum atomic E-state index is -0.288. The molecule has 2 aromatic rings. The average Bonchev–Trinajstić information content (AvgIpc) is 3.08. The highest BCUT2D eigenvalue weighted by Crippen LogP contribution is 2.22. The number of fused-ring (bicyclic) bond motifs is 1. The summed E-state index contributed by atoms with van der Waals surface area (Å²) in [5, 5.41) is 3.89. The van der Waals surface area contributed by atoms with Gasteiger partial charge in [0.2, 0.25) is 11.8 Å². The normalized spacial score (nSPS) is 18.2. The molecule has 0 bridgehead atoms. The first kappa shape index (κ1) is 17.5. The molecule has 2 heterocycles. The second-order valence-electron chi connectivity index (χ2n) is 7.61. The molecule has 2 amide bonds. The number of nitrogens with one attached hydrogen (secondary N) is 1. The van der Waals surface area contributed by atoms with Crippen LogP contribution in [0.15, 0.2) is 30.5 Å². The minimum Gasteiger partial charge on any atom is -0.351 e. The molecule has 0 radical (unpaired) electrons. The molecule has 1 aromatic carbocycles. The van der Waals surface area contributed by atoms with E-state index < -0.39 is 0 Å². The fourth-order valence-electron chi connectivity index (χ4n) is 3.33. The number of aryl methyl sites for hydroxylation is 1. The van der Waals surface area contributed by atoms with Gasteiger partial charge in [-0.1, -0.05) is 0 Å². The summed E-state index contributed by atoms with van der Waals surface area (Å²) in [7, 11) is 0. The Labute approximate surface area is 146 Å². The maximum atomic E-state index is 13.4. The molecule has 3 rings (SSSR count). The maximum absolute atomic E-state index is 13.4. The lowest BCUT2D eigenvalue weighted by Crippen LogP contribution is -2.44. The second kappa shape index (κ2) is 6.50. The highest BCUT2D eigenvalue weighted by Gasteiger charge is 2.36. The van der Waals surface area contributed by atoms with Gasteiger partial charge in [-0.05, 0) is 50.4 Å². The Morgan fingerprint density at radius 2 is 2.08 bits per heavy atom. The summed E-state index contributed by atoms with van der Waals surface area (Å²) in [5.74, 6) is -0.305. The second-order valence-corrected chi connectivity index (χ2v) is 7.61. The van der Waals surface area contributed by atoms with Crippen molar-refractivity contribution in [3.05, 3.63) is 36.3 Å². The molecular weight excluding hydrogens is 321 g/mol. The summed E-state index contributed by atoms with van der Waals surface area (Å²) < 4.78 is 15.3. The summed E-state index contributed by atoms with van der Waals surface area (Å²) in [6, 6.07) is 6.40. The van der Waals surface area contributed by atoms with Crippen molar-refractivity contribution in [3.63, 3.8) is 0 Å². The largest absolute Gasteiger partial charge is 0.351 e. The third-order valence-electron chi connectivity index (χ3n) is 4.62. The summed E-state index contributed by atoms with van der Waals surface area (Å²) in [6.07, 6.45) is 2.50. The first-order valence-corrected chi connectivity index (χ1v) is 8.58. The number of hydrogen-bond acceptors (Lipinski definition) is 2. The molecule has 1 aromatic heterocycles.